The zero-order valence-corrected chi connectivity index (χ0v) is 12.5. The Hall–Kier alpha value is -2.39. The van der Waals surface area contributed by atoms with Gasteiger partial charge >= 0.3 is 0 Å². The Kier molecular flexibility index (Phi) is 3.09. The molecular formula is C18H13ClN2O. The van der Waals surface area contributed by atoms with Crippen molar-refractivity contribution in [2.24, 2.45) is 0 Å². The topological polar surface area (TPSA) is 33.2 Å². The fourth-order valence-corrected chi connectivity index (χ4v) is 3.20. The standard InChI is InChI=1S/C18H13ClN2O/c19-14-5-6-16-12(9-14)7-8-21(18(16)22)17-11-20-10-13-3-1-2-4-15(13)17/h1-6,9-11H,7-8H2. The van der Waals surface area contributed by atoms with Gasteiger partial charge in [0.15, 0.2) is 0 Å². The molecule has 2 heterocycles. The molecule has 0 unspecified atom stereocenters. The van der Waals surface area contributed by atoms with Gasteiger partial charge in [-0.05, 0) is 30.2 Å². The minimum atomic E-state index is 0.0102. The number of fused-ring (bicyclic) bond motifs is 2. The van der Waals surface area contributed by atoms with Crippen LogP contribution in [0, 0.1) is 0 Å². The van der Waals surface area contributed by atoms with Crippen LogP contribution >= 0.6 is 11.6 Å². The van der Waals surface area contributed by atoms with Crippen molar-refractivity contribution in [3.8, 4) is 0 Å². The molecule has 0 N–H and O–H groups in total. The van der Waals surface area contributed by atoms with E-state index in [2.05, 4.69) is 4.98 Å². The highest BCUT2D eigenvalue weighted by Gasteiger charge is 2.26. The van der Waals surface area contributed by atoms with E-state index in [1.807, 2.05) is 47.5 Å². The van der Waals surface area contributed by atoms with E-state index in [9.17, 15) is 4.79 Å². The largest absolute Gasteiger partial charge is 0.306 e. The minimum Gasteiger partial charge on any atom is -0.306 e. The Morgan fingerprint density at radius 1 is 1.09 bits per heavy atom. The van der Waals surface area contributed by atoms with Gasteiger partial charge in [0, 0.05) is 34.1 Å². The Labute approximate surface area is 133 Å². The number of nitrogens with zero attached hydrogens (tertiary/aromatic N) is 2. The Balaban J connectivity index is 1.83. The fourth-order valence-electron chi connectivity index (χ4n) is 3.00. The molecule has 3 aromatic rings. The highest BCUT2D eigenvalue weighted by molar-refractivity contribution is 6.30. The monoisotopic (exact) mass is 308 g/mol. The number of hydrogen-bond donors (Lipinski definition) is 0. The van der Waals surface area contributed by atoms with Crippen molar-refractivity contribution in [3.05, 3.63) is 71.0 Å². The van der Waals surface area contributed by atoms with E-state index in [4.69, 9.17) is 11.6 Å². The number of rotatable bonds is 1. The maximum Gasteiger partial charge on any atom is 0.258 e. The van der Waals surface area contributed by atoms with Gasteiger partial charge in [-0.1, -0.05) is 35.9 Å². The highest BCUT2D eigenvalue weighted by atomic mass is 35.5. The van der Waals surface area contributed by atoms with E-state index in [1.165, 1.54) is 0 Å². The first-order chi connectivity index (χ1) is 10.7. The predicted molar refractivity (Wildman–Crippen MR) is 88.6 cm³/mol. The number of carbonyl (C=O) groups excluding carboxylic acids is 1. The van der Waals surface area contributed by atoms with Gasteiger partial charge in [0.05, 0.1) is 11.9 Å². The molecule has 0 fully saturated rings. The molecule has 1 amide bonds. The average Bonchev–Trinajstić information content (AvgIpc) is 2.55. The molecule has 108 valence electrons. The van der Waals surface area contributed by atoms with Gasteiger partial charge in [0.1, 0.15) is 0 Å². The van der Waals surface area contributed by atoms with Gasteiger partial charge in [-0.15, -0.1) is 0 Å². The zero-order chi connectivity index (χ0) is 15.1. The first-order valence-corrected chi connectivity index (χ1v) is 7.55. The van der Waals surface area contributed by atoms with Crippen LogP contribution in [0.5, 0.6) is 0 Å². The summed E-state index contributed by atoms with van der Waals surface area (Å²) >= 11 is 6.02. The van der Waals surface area contributed by atoms with Gasteiger partial charge in [-0.2, -0.15) is 0 Å². The summed E-state index contributed by atoms with van der Waals surface area (Å²) in [5, 5.41) is 2.75. The molecular weight excluding hydrogens is 296 g/mol. The van der Waals surface area contributed by atoms with Crippen LogP contribution in [-0.4, -0.2) is 17.4 Å². The number of anilines is 1. The predicted octanol–water partition coefficient (Wildman–Crippen LogP) is 4.09. The van der Waals surface area contributed by atoms with Crippen molar-refractivity contribution in [1.29, 1.82) is 0 Å². The molecule has 2 aromatic carbocycles. The minimum absolute atomic E-state index is 0.0102. The van der Waals surface area contributed by atoms with Crippen molar-refractivity contribution in [2.75, 3.05) is 11.4 Å². The number of pyridine rings is 1. The summed E-state index contributed by atoms with van der Waals surface area (Å²) in [5.41, 5.74) is 2.61. The number of hydrogen-bond acceptors (Lipinski definition) is 2. The summed E-state index contributed by atoms with van der Waals surface area (Å²) in [6.45, 7) is 0.641. The van der Waals surface area contributed by atoms with Crippen molar-refractivity contribution in [1.82, 2.24) is 4.98 Å². The molecule has 1 aliphatic rings. The van der Waals surface area contributed by atoms with Crippen molar-refractivity contribution in [3.63, 3.8) is 0 Å². The van der Waals surface area contributed by atoms with E-state index in [0.717, 1.165) is 34.0 Å². The van der Waals surface area contributed by atoms with E-state index in [1.54, 1.807) is 12.3 Å². The molecule has 4 rings (SSSR count). The van der Waals surface area contributed by atoms with Gasteiger partial charge in [0.2, 0.25) is 0 Å². The second-order valence-corrected chi connectivity index (χ2v) is 5.82. The fraction of sp³-hybridized carbons (Fsp3) is 0.111. The molecule has 0 bridgehead atoms. The lowest BCUT2D eigenvalue weighted by Gasteiger charge is -2.29. The third-order valence-corrected chi connectivity index (χ3v) is 4.32. The first kappa shape index (κ1) is 13.3. The number of benzene rings is 2. The van der Waals surface area contributed by atoms with Gasteiger partial charge in [-0.25, -0.2) is 0 Å². The molecule has 0 aliphatic carbocycles. The van der Waals surface area contributed by atoms with Crippen molar-refractivity contribution in [2.45, 2.75) is 6.42 Å². The van der Waals surface area contributed by atoms with Crippen LogP contribution < -0.4 is 4.90 Å². The molecule has 3 nitrogen and oxygen atoms in total. The molecule has 1 aromatic heterocycles. The van der Waals surface area contributed by atoms with Crippen LogP contribution in [0.2, 0.25) is 5.02 Å². The zero-order valence-electron chi connectivity index (χ0n) is 11.8. The number of amides is 1. The van der Waals surface area contributed by atoms with E-state index in [0.29, 0.717) is 11.6 Å². The lowest BCUT2D eigenvalue weighted by Crippen LogP contribution is -2.37. The summed E-state index contributed by atoms with van der Waals surface area (Å²) in [6, 6.07) is 13.4. The Bertz CT molecular complexity index is 886. The smallest absolute Gasteiger partial charge is 0.258 e. The SMILES string of the molecule is O=C1c2ccc(Cl)cc2CCN1c1cncc2ccccc12. The lowest BCUT2D eigenvalue weighted by atomic mass is 9.98. The van der Waals surface area contributed by atoms with Crippen LogP contribution in [0.3, 0.4) is 0 Å². The van der Waals surface area contributed by atoms with Crippen LogP contribution in [0.25, 0.3) is 10.8 Å². The number of halogens is 1. The van der Waals surface area contributed by atoms with Gasteiger partial charge < -0.3 is 4.90 Å². The molecule has 0 spiro atoms. The van der Waals surface area contributed by atoms with E-state index < -0.39 is 0 Å². The third kappa shape index (κ3) is 2.06. The van der Waals surface area contributed by atoms with Crippen LogP contribution in [-0.2, 0) is 6.42 Å². The van der Waals surface area contributed by atoms with Gasteiger partial charge in [-0.3, -0.25) is 9.78 Å². The summed E-state index contributed by atoms with van der Waals surface area (Å²) in [7, 11) is 0. The molecule has 0 atom stereocenters. The van der Waals surface area contributed by atoms with E-state index >= 15 is 0 Å². The van der Waals surface area contributed by atoms with Crippen LogP contribution in [0.4, 0.5) is 5.69 Å². The first-order valence-electron chi connectivity index (χ1n) is 7.17. The highest BCUT2D eigenvalue weighted by Crippen LogP contribution is 2.30. The molecule has 0 saturated heterocycles. The second kappa shape index (κ2) is 5.11. The molecule has 0 saturated carbocycles. The summed E-state index contributed by atoms with van der Waals surface area (Å²) in [6.07, 6.45) is 4.38. The third-order valence-electron chi connectivity index (χ3n) is 4.09. The molecule has 22 heavy (non-hydrogen) atoms. The number of carbonyl (C=O) groups is 1. The average molecular weight is 309 g/mol. The number of aromatic nitrogens is 1. The van der Waals surface area contributed by atoms with Gasteiger partial charge in [0.25, 0.3) is 5.91 Å². The summed E-state index contributed by atoms with van der Waals surface area (Å²) in [4.78, 5) is 18.9. The molecule has 4 heteroatoms. The Morgan fingerprint density at radius 2 is 1.95 bits per heavy atom. The maximum absolute atomic E-state index is 12.8. The second-order valence-electron chi connectivity index (χ2n) is 5.39. The molecule has 1 aliphatic heterocycles. The maximum atomic E-state index is 12.8. The van der Waals surface area contributed by atoms with Crippen LogP contribution in [0.15, 0.2) is 54.9 Å². The normalized spacial score (nSPS) is 14.2. The van der Waals surface area contributed by atoms with Crippen molar-refractivity contribution >= 4 is 34.0 Å². The Morgan fingerprint density at radius 3 is 2.86 bits per heavy atom. The van der Waals surface area contributed by atoms with E-state index in [-0.39, 0.29) is 5.91 Å². The van der Waals surface area contributed by atoms with Crippen LogP contribution in [0.1, 0.15) is 15.9 Å². The van der Waals surface area contributed by atoms with Crippen molar-refractivity contribution < 1.29 is 4.79 Å². The molecule has 0 radical (unpaired) electrons. The quantitative estimate of drug-likeness (QED) is 0.678. The lowest BCUT2D eigenvalue weighted by molar-refractivity contribution is 0.0981. The summed E-state index contributed by atoms with van der Waals surface area (Å²) < 4.78 is 0. The summed E-state index contributed by atoms with van der Waals surface area (Å²) in [5.74, 6) is 0.0102.